The Morgan fingerprint density at radius 1 is 1.00 bits per heavy atom. The summed E-state index contributed by atoms with van der Waals surface area (Å²) in [6.07, 6.45) is 2.93. The van der Waals surface area contributed by atoms with Gasteiger partial charge in [-0.05, 0) is 36.8 Å². The van der Waals surface area contributed by atoms with E-state index in [2.05, 4.69) is 15.3 Å². The Kier molecular flexibility index (Phi) is 5.84. The lowest BCUT2D eigenvalue weighted by atomic mass is 10.0. The monoisotopic (exact) mass is 395 g/mol. The van der Waals surface area contributed by atoms with Crippen LogP contribution in [0.3, 0.4) is 0 Å². The van der Waals surface area contributed by atoms with Crippen molar-refractivity contribution in [2.75, 3.05) is 11.6 Å². The van der Waals surface area contributed by atoms with Gasteiger partial charge in [0.05, 0.1) is 0 Å². The summed E-state index contributed by atoms with van der Waals surface area (Å²) in [4.78, 5) is 21.0. The van der Waals surface area contributed by atoms with Gasteiger partial charge in [-0.3, -0.25) is 4.79 Å². The largest absolute Gasteiger partial charge is 0.340 e. The van der Waals surface area contributed by atoms with Crippen LogP contribution in [-0.4, -0.2) is 30.4 Å². The summed E-state index contributed by atoms with van der Waals surface area (Å²) in [5, 5.41) is 3.27. The van der Waals surface area contributed by atoms with Gasteiger partial charge in [0.1, 0.15) is 11.6 Å². The highest BCUT2D eigenvalue weighted by atomic mass is 32.2. The number of carbonyl (C=O) groups is 1. The van der Waals surface area contributed by atoms with E-state index in [-0.39, 0.29) is 23.7 Å². The summed E-state index contributed by atoms with van der Waals surface area (Å²) in [7, 11) is -3.35. The smallest absolute Gasteiger partial charge is 0.192 e. The Hall–Kier alpha value is -3.06. The number of nitrogens with zero attached hydrogens (tertiary/aromatic N) is 2. The van der Waals surface area contributed by atoms with Crippen LogP contribution in [0.5, 0.6) is 0 Å². The van der Waals surface area contributed by atoms with Gasteiger partial charge in [0.25, 0.3) is 0 Å². The summed E-state index contributed by atoms with van der Waals surface area (Å²) in [6, 6.07) is 16.5. The number of Topliss-reactive ketones (excluding diaryl/α,β-unsaturated/α-hetero) is 1. The molecule has 1 aromatic carbocycles. The van der Waals surface area contributed by atoms with E-state index in [1.807, 2.05) is 49.4 Å². The number of nitrogens with one attached hydrogen (secondary N) is 1. The number of benzene rings is 1. The Bertz CT molecular complexity index is 1080. The first-order valence-corrected chi connectivity index (χ1v) is 10.7. The molecule has 2 heterocycles. The molecule has 0 saturated heterocycles. The van der Waals surface area contributed by atoms with Crippen molar-refractivity contribution in [1.82, 2.24) is 9.97 Å². The Balaban J connectivity index is 1.73. The molecule has 0 unspecified atom stereocenters. The molecule has 7 heteroatoms. The van der Waals surface area contributed by atoms with E-state index in [1.165, 1.54) is 12.3 Å². The predicted octanol–water partition coefficient (Wildman–Crippen LogP) is 3.29. The van der Waals surface area contributed by atoms with Gasteiger partial charge >= 0.3 is 0 Å². The maximum absolute atomic E-state index is 12.6. The molecule has 0 aliphatic rings. The van der Waals surface area contributed by atoms with Gasteiger partial charge in [0.15, 0.2) is 14.9 Å². The number of rotatable bonds is 7. The number of ketones is 1. The molecule has 0 spiro atoms. The lowest BCUT2D eigenvalue weighted by molar-refractivity contribution is -0.117. The minimum atomic E-state index is -3.35. The van der Waals surface area contributed by atoms with E-state index in [1.54, 1.807) is 6.07 Å². The summed E-state index contributed by atoms with van der Waals surface area (Å²) >= 11 is 0. The highest BCUT2D eigenvalue weighted by Gasteiger charge is 2.13. The first-order chi connectivity index (χ1) is 13.3. The zero-order valence-corrected chi connectivity index (χ0v) is 16.5. The molecule has 0 fully saturated rings. The highest BCUT2D eigenvalue weighted by Crippen LogP contribution is 2.20. The summed E-state index contributed by atoms with van der Waals surface area (Å²) in [6.45, 7) is 1.90. The molecule has 0 aliphatic carbocycles. The minimum absolute atomic E-state index is 0.000723. The minimum Gasteiger partial charge on any atom is -0.340 e. The third-order valence-electron chi connectivity index (χ3n) is 4.12. The molecule has 0 atom stereocenters. The molecule has 2 aromatic heterocycles. The number of pyridine rings is 2. The molecule has 0 radical (unpaired) electrons. The van der Waals surface area contributed by atoms with Gasteiger partial charge in [0, 0.05) is 42.2 Å². The number of aryl methyl sites for hydroxylation is 1. The van der Waals surface area contributed by atoms with Crippen LogP contribution in [0.1, 0.15) is 16.8 Å². The SMILES string of the molecule is Cc1ccc(CC(=O)Cc2ccc(S(C)(=O)=O)nc2)c(Nc2ccccc2)n1. The van der Waals surface area contributed by atoms with Crippen molar-refractivity contribution in [3.05, 3.63) is 77.6 Å². The van der Waals surface area contributed by atoms with Crippen LogP contribution >= 0.6 is 0 Å². The van der Waals surface area contributed by atoms with E-state index in [4.69, 9.17) is 0 Å². The maximum Gasteiger partial charge on any atom is 0.192 e. The lowest BCUT2D eigenvalue weighted by Crippen LogP contribution is -2.10. The summed E-state index contributed by atoms with van der Waals surface area (Å²) in [5.74, 6) is 0.653. The lowest BCUT2D eigenvalue weighted by Gasteiger charge is -2.12. The van der Waals surface area contributed by atoms with Crippen LogP contribution < -0.4 is 5.32 Å². The van der Waals surface area contributed by atoms with Crippen molar-refractivity contribution in [2.24, 2.45) is 0 Å². The number of anilines is 2. The van der Waals surface area contributed by atoms with Crippen molar-refractivity contribution in [3.8, 4) is 0 Å². The molecule has 3 rings (SSSR count). The standard InChI is InChI=1S/C21H21N3O3S/c1-15-8-10-17(21(23-15)24-18-6-4-3-5-7-18)13-19(25)12-16-9-11-20(22-14-16)28(2,26)27/h3-11,14H,12-13H2,1-2H3,(H,23,24). The van der Waals surface area contributed by atoms with Crippen molar-refractivity contribution in [2.45, 2.75) is 24.8 Å². The van der Waals surface area contributed by atoms with E-state index < -0.39 is 9.84 Å². The molecular formula is C21H21N3O3S. The number of hydrogen-bond acceptors (Lipinski definition) is 6. The fourth-order valence-corrected chi connectivity index (χ4v) is 3.29. The third kappa shape index (κ3) is 5.23. The Morgan fingerprint density at radius 3 is 2.39 bits per heavy atom. The van der Waals surface area contributed by atoms with Gasteiger partial charge in [-0.1, -0.05) is 30.3 Å². The van der Waals surface area contributed by atoms with Crippen LogP contribution in [0.25, 0.3) is 0 Å². The average molecular weight is 395 g/mol. The second-order valence-corrected chi connectivity index (χ2v) is 8.58. The fourth-order valence-electron chi connectivity index (χ4n) is 2.73. The predicted molar refractivity (Wildman–Crippen MR) is 108 cm³/mol. The van der Waals surface area contributed by atoms with E-state index in [9.17, 15) is 13.2 Å². The van der Waals surface area contributed by atoms with Crippen LogP contribution in [0.4, 0.5) is 11.5 Å². The van der Waals surface area contributed by atoms with Crippen molar-refractivity contribution in [3.63, 3.8) is 0 Å². The number of hydrogen-bond donors (Lipinski definition) is 1. The Labute approximate surface area is 164 Å². The van der Waals surface area contributed by atoms with E-state index in [0.29, 0.717) is 11.4 Å². The zero-order valence-electron chi connectivity index (χ0n) is 15.7. The molecule has 144 valence electrons. The van der Waals surface area contributed by atoms with Crippen LogP contribution in [0, 0.1) is 6.92 Å². The van der Waals surface area contributed by atoms with Gasteiger partial charge in [0.2, 0.25) is 0 Å². The second-order valence-electron chi connectivity index (χ2n) is 6.62. The molecule has 0 amide bonds. The van der Waals surface area contributed by atoms with Gasteiger partial charge in [-0.2, -0.15) is 0 Å². The van der Waals surface area contributed by atoms with Crippen molar-refractivity contribution >= 4 is 27.1 Å². The topological polar surface area (TPSA) is 89.0 Å². The quantitative estimate of drug-likeness (QED) is 0.660. The number of carbonyl (C=O) groups excluding carboxylic acids is 1. The zero-order chi connectivity index (χ0) is 20.1. The second kappa shape index (κ2) is 8.31. The van der Waals surface area contributed by atoms with Crippen LogP contribution in [-0.2, 0) is 27.5 Å². The first kappa shape index (κ1) is 19.7. The first-order valence-electron chi connectivity index (χ1n) is 8.76. The van der Waals surface area contributed by atoms with Crippen molar-refractivity contribution < 1.29 is 13.2 Å². The molecule has 0 bridgehead atoms. The van der Waals surface area contributed by atoms with Gasteiger partial charge in [-0.15, -0.1) is 0 Å². The van der Waals surface area contributed by atoms with Crippen LogP contribution in [0.15, 0.2) is 65.8 Å². The summed E-state index contributed by atoms with van der Waals surface area (Å²) < 4.78 is 23.0. The highest BCUT2D eigenvalue weighted by molar-refractivity contribution is 7.90. The van der Waals surface area contributed by atoms with E-state index in [0.717, 1.165) is 23.2 Å². The molecule has 1 N–H and O–H groups in total. The molecule has 28 heavy (non-hydrogen) atoms. The maximum atomic E-state index is 12.6. The van der Waals surface area contributed by atoms with Gasteiger partial charge in [-0.25, -0.2) is 18.4 Å². The molecular weight excluding hydrogens is 374 g/mol. The molecule has 0 aliphatic heterocycles. The Morgan fingerprint density at radius 2 is 1.75 bits per heavy atom. The third-order valence-corrected chi connectivity index (χ3v) is 5.12. The summed E-state index contributed by atoms with van der Waals surface area (Å²) in [5.41, 5.74) is 3.24. The normalized spacial score (nSPS) is 11.2. The van der Waals surface area contributed by atoms with Gasteiger partial charge < -0.3 is 5.32 Å². The van der Waals surface area contributed by atoms with E-state index >= 15 is 0 Å². The fraction of sp³-hybridized carbons (Fsp3) is 0.190. The number of aromatic nitrogens is 2. The van der Waals surface area contributed by atoms with Crippen LogP contribution in [0.2, 0.25) is 0 Å². The number of sulfone groups is 1. The molecule has 3 aromatic rings. The van der Waals surface area contributed by atoms with Crippen molar-refractivity contribution in [1.29, 1.82) is 0 Å². The number of para-hydroxylation sites is 1. The molecule has 0 saturated carbocycles. The average Bonchev–Trinajstić information content (AvgIpc) is 2.64. The molecule has 6 nitrogen and oxygen atoms in total.